The highest BCUT2D eigenvalue weighted by molar-refractivity contribution is 5.69. The maximum atomic E-state index is 13.1. The molecule has 0 unspecified atom stereocenters. The third-order valence-electron chi connectivity index (χ3n) is 3.49. The van der Waals surface area contributed by atoms with Crippen molar-refractivity contribution in [1.82, 2.24) is 4.90 Å². The van der Waals surface area contributed by atoms with E-state index in [0.29, 0.717) is 18.7 Å². The molecule has 0 radical (unpaired) electrons. The number of halogens is 1. The summed E-state index contributed by atoms with van der Waals surface area (Å²) in [5, 5.41) is 19.1. The topological polar surface area (TPSA) is 70.0 Å². The molecule has 1 fully saturated rings. The van der Waals surface area contributed by atoms with Gasteiger partial charge in [0, 0.05) is 19.2 Å². The molecule has 1 saturated heterocycles. The molecule has 2 rings (SSSR count). The highest BCUT2D eigenvalue weighted by Crippen LogP contribution is 2.26. The van der Waals surface area contributed by atoms with Gasteiger partial charge in [-0.05, 0) is 25.5 Å². The van der Waals surface area contributed by atoms with Gasteiger partial charge in [-0.25, -0.2) is 4.39 Å². The number of hydrogen-bond donors (Lipinski definition) is 2. The molecule has 1 aromatic rings. The van der Waals surface area contributed by atoms with Crippen molar-refractivity contribution in [3.63, 3.8) is 0 Å². The molecule has 2 N–H and O–H groups in total. The first kappa shape index (κ1) is 14.7. The van der Waals surface area contributed by atoms with Gasteiger partial charge in [-0.2, -0.15) is 0 Å². The van der Waals surface area contributed by atoms with Crippen molar-refractivity contribution in [2.75, 3.05) is 19.6 Å². The van der Waals surface area contributed by atoms with Crippen molar-refractivity contribution in [3.05, 3.63) is 30.1 Å². The SMILES string of the molecule is C[C@@]1(O)CCN(CC(=O)O)C[C@H]1Oc1cccc(F)c1. The van der Waals surface area contributed by atoms with E-state index in [2.05, 4.69) is 0 Å². The van der Waals surface area contributed by atoms with E-state index < -0.39 is 23.5 Å². The second kappa shape index (κ2) is 5.76. The largest absolute Gasteiger partial charge is 0.486 e. The lowest BCUT2D eigenvalue weighted by Crippen LogP contribution is -2.57. The third-order valence-corrected chi connectivity index (χ3v) is 3.49. The Morgan fingerprint density at radius 1 is 1.60 bits per heavy atom. The average Bonchev–Trinajstić information content (AvgIpc) is 2.33. The van der Waals surface area contributed by atoms with Crippen molar-refractivity contribution >= 4 is 5.97 Å². The molecule has 2 atom stereocenters. The van der Waals surface area contributed by atoms with Crippen LogP contribution in [0.15, 0.2) is 24.3 Å². The summed E-state index contributed by atoms with van der Waals surface area (Å²) >= 11 is 0. The van der Waals surface area contributed by atoms with Gasteiger partial charge in [-0.15, -0.1) is 0 Å². The zero-order valence-electron chi connectivity index (χ0n) is 11.3. The van der Waals surface area contributed by atoms with Crippen molar-refractivity contribution < 1.29 is 24.1 Å². The number of hydrogen-bond acceptors (Lipinski definition) is 4. The van der Waals surface area contributed by atoms with Crippen molar-refractivity contribution in [1.29, 1.82) is 0 Å². The highest BCUT2D eigenvalue weighted by Gasteiger charge is 2.39. The Hall–Kier alpha value is -1.66. The van der Waals surface area contributed by atoms with Crippen LogP contribution in [0.5, 0.6) is 5.75 Å². The molecule has 1 aromatic carbocycles. The summed E-state index contributed by atoms with van der Waals surface area (Å²) in [6, 6.07) is 5.68. The second-order valence-corrected chi connectivity index (χ2v) is 5.30. The molecular weight excluding hydrogens is 265 g/mol. The van der Waals surface area contributed by atoms with Crippen molar-refractivity contribution in [2.45, 2.75) is 25.0 Å². The lowest BCUT2D eigenvalue weighted by atomic mass is 9.90. The van der Waals surface area contributed by atoms with Gasteiger partial charge in [0.1, 0.15) is 23.3 Å². The first-order valence-electron chi connectivity index (χ1n) is 6.45. The average molecular weight is 283 g/mol. The minimum absolute atomic E-state index is 0.0981. The van der Waals surface area contributed by atoms with Gasteiger partial charge < -0.3 is 14.9 Å². The van der Waals surface area contributed by atoms with Crippen molar-refractivity contribution in [3.8, 4) is 5.75 Å². The minimum atomic E-state index is -1.07. The Morgan fingerprint density at radius 2 is 2.35 bits per heavy atom. The van der Waals surface area contributed by atoms with Gasteiger partial charge in [0.2, 0.25) is 0 Å². The molecule has 1 aliphatic rings. The van der Waals surface area contributed by atoms with Crippen molar-refractivity contribution in [2.24, 2.45) is 0 Å². The van der Waals surface area contributed by atoms with Gasteiger partial charge in [-0.1, -0.05) is 6.07 Å². The van der Waals surface area contributed by atoms with E-state index in [9.17, 15) is 14.3 Å². The number of carboxylic acid groups (broad SMARTS) is 1. The number of aliphatic carboxylic acids is 1. The van der Waals surface area contributed by atoms with Crippen LogP contribution in [0.3, 0.4) is 0 Å². The van der Waals surface area contributed by atoms with E-state index in [4.69, 9.17) is 9.84 Å². The lowest BCUT2D eigenvalue weighted by molar-refractivity contribution is -0.142. The molecular formula is C14H18FNO4. The van der Waals surface area contributed by atoms with Gasteiger partial charge in [-0.3, -0.25) is 9.69 Å². The van der Waals surface area contributed by atoms with Crippen LogP contribution in [-0.2, 0) is 4.79 Å². The molecule has 0 amide bonds. The summed E-state index contributed by atoms with van der Waals surface area (Å²) < 4.78 is 18.8. The Labute approximate surface area is 116 Å². The van der Waals surface area contributed by atoms with Crippen LogP contribution in [-0.4, -0.2) is 52.4 Å². The number of carbonyl (C=O) groups is 1. The maximum absolute atomic E-state index is 13.1. The number of nitrogens with zero attached hydrogens (tertiary/aromatic N) is 1. The van der Waals surface area contributed by atoms with Crippen LogP contribution in [0.2, 0.25) is 0 Å². The summed E-state index contributed by atoms with van der Waals surface area (Å²) in [4.78, 5) is 12.4. The summed E-state index contributed by atoms with van der Waals surface area (Å²) in [6.45, 7) is 2.33. The summed E-state index contributed by atoms with van der Waals surface area (Å²) in [5.74, 6) is -1.01. The smallest absolute Gasteiger partial charge is 0.317 e. The van der Waals surface area contributed by atoms with E-state index in [0.717, 1.165) is 0 Å². The minimum Gasteiger partial charge on any atom is -0.486 e. The third kappa shape index (κ3) is 3.68. The van der Waals surface area contributed by atoms with Gasteiger partial charge in [0.25, 0.3) is 0 Å². The van der Waals surface area contributed by atoms with E-state index in [-0.39, 0.29) is 13.1 Å². The van der Waals surface area contributed by atoms with Crippen LogP contribution in [0, 0.1) is 5.82 Å². The predicted molar refractivity (Wildman–Crippen MR) is 70.1 cm³/mol. The summed E-state index contributed by atoms with van der Waals surface area (Å²) in [5.41, 5.74) is -1.07. The number of likely N-dealkylation sites (tertiary alicyclic amines) is 1. The number of carboxylic acids is 1. The maximum Gasteiger partial charge on any atom is 0.317 e. The predicted octanol–water partition coefficient (Wildman–Crippen LogP) is 1.11. The fourth-order valence-electron chi connectivity index (χ4n) is 2.27. The van der Waals surface area contributed by atoms with Crippen LogP contribution in [0.4, 0.5) is 4.39 Å². The number of benzene rings is 1. The molecule has 110 valence electrons. The fourth-order valence-corrected chi connectivity index (χ4v) is 2.27. The zero-order valence-corrected chi connectivity index (χ0v) is 11.3. The van der Waals surface area contributed by atoms with E-state index in [1.54, 1.807) is 17.9 Å². The first-order chi connectivity index (χ1) is 9.37. The summed E-state index contributed by atoms with van der Waals surface area (Å²) in [6.07, 6.45) is -0.197. The normalized spacial score (nSPS) is 27.2. The molecule has 0 saturated carbocycles. The number of rotatable bonds is 4. The highest BCUT2D eigenvalue weighted by atomic mass is 19.1. The first-order valence-corrected chi connectivity index (χ1v) is 6.45. The summed E-state index contributed by atoms with van der Waals surface area (Å²) in [7, 11) is 0. The molecule has 0 spiro atoms. The lowest BCUT2D eigenvalue weighted by Gasteiger charge is -2.41. The van der Waals surface area contributed by atoms with Gasteiger partial charge in [0.05, 0.1) is 6.54 Å². The van der Waals surface area contributed by atoms with E-state index in [1.807, 2.05) is 0 Å². The molecule has 1 heterocycles. The molecule has 5 nitrogen and oxygen atoms in total. The van der Waals surface area contributed by atoms with E-state index in [1.165, 1.54) is 18.2 Å². The van der Waals surface area contributed by atoms with Crippen LogP contribution < -0.4 is 4.74 Å². The van der Waals surface area contributed by atoms with Crippen LogP contribution in [0.1, 0.15) is 13.3 Å². The number of aliphatic hydroxyl groups is 1. The molecule has 0 aliphatic carbocycles. The van der Waals surface area contributed by atoms with Crippen LogP contribution in [0.25, 0.3) is 0 Å². The molecule has 20 heavy (non-hydrogen) atoms. The van der Waals surface area contributed by atoms with Gasteiger partial charge in [0.15, 0.2) is 0 Å². The molecule has 0 bridgehead atoms. The number of ether oxygens (including phenoxy) is 1. The van der Waals surface area contributed by atoms with Gasteiger partial charge >= 0.3 is 5.97 Å². The Kier molecular flexibility index (Phi) is 4.25. The Bertz CT molecular complexity index is 492. The van der Waals surface area contributed by atoms with E-state index >= 15 is 0 Å². The standard InChI is InChI=1S/C14H18FNO4/c1-14(19)5-6-16(9-13(17)18)8-12(14)20-11-4-2-3-10(15)7-11/h2-4,7,12,19H,5-6,8-9H2,1H3,(H,17,18)/t12-,14-/m1/s1. The zero-order chi connectivity index (χ0) is 14.8. The monoisotopic (exact) mass is 283 g/mol. The Morgan fingerprint density at radius 3 is 3.00 bits per heavy atom. The molecule has 1 aliphatic heterocycles. The fraction of sp³-hybridized carbons (Fsp3) is 0.500. The molecule has 6 heteroatoms. The molecule has 0 aromatic heterocycles. The second-order valence-electron chi connectivity index (χ2n) is 5.30. The Balaban J connectivity index is 2.07. The van der Waals surface area contributed by atoms with Crippen LogP contribution >= 0.6 is 0 Å². The number of piperidine rings is 1. The quantitative estimate of drug-likeness (QED) is 0.866.